The van der Waals surface area contributed by atoms with Gasteiger partial charge in [-0.05, 0) is 33.3 Å². The molecule has 0 bridgehead atoms. The lowest BCUT2D eigenvalue weighted by Crippen LogP contribution is -2.60. The minimum Gasteiger partial charge on any atom is -0.466 e. The van der Waals surface area contributed by atoms with Crippen LogP contribution in [0.2, 0.25) is 0 Å². The number of aryl methyl sites for hydroxylation is 2. The van der Waals surface area contributed by atoms with Gasteiger partial charge in [0.15, 0.2) is 0 Å². The normalized spacial score (nSPS) is 28.8. The highest BCUT2D eigenvalue weighted by atomic mass is 16.3. The van der Waals surface area contributed by atoms with Crippen molar-refractivity contribution >= 4 is 0 Å². The van der Waals surface area contributed by atoms with E-state index in [1.165, 1.54) is 5.56 Å². The minimum absolute atomic E-state index is 0.0268. The van der Waals surface area contributed by atoms with Crippen molar-refractivity contribution in [2.75, 3.05) is 0 Å². The molecule has 2 N–H and O–H groups in total. The second-order valence-electron chi connectivity index (χ2n) is 5.88. The third kappa shape index (κ3) is 2.14. The maximum Gasteiger partial charge on any atom is 0.105 e. The quantitative estimate of drug-likeness (QED) is 0.849. The van der Waals surface area contributed by atoms with E-state index in [-0.39, 0.29) is 17.6 Å². The number of rotatable bonds is 3. The topological polar surface area (TPSA) is 45.4 Å². The van der Waals surface area contributed by atoms with Gasteiger partial charge in [-0.1, -0.05) is 13.8 Å². The van der Waals surface area contributed by atoms with Gasteiger partial charge in [-0.3, -0.25) is 0 Å². The summed E-state index contributed by atoms with van der Waals surface area (Å²) in [5.41, 5.74) is 1.20. The Morgan fingerprint density at radius 1 is 1.47 bits per heavy atom. The van der Waals surface area contributed by atoms with E-state index in [2.05, 4.69) is 32.2 Å². The molecule has 17 heavy (non-hydrogen) atoms. The Balaban J connectivity index is 2.03. The molecule has 0 aliphatic heterocycles. The minimum atomic E-state index is -0.181. The maximum absolute atomic E-state index is 9.73. The Morgan fingerprint density at radius 3 is 2.53 bits per heavy atom. The Morgan fingerprint density at radius 2 is 2.12 bits per heavy atom. The van der Waals surface area contributed by atoms with Crippen molar-refractivity contribution in [3.05, 3.63) is 23.2 Å². The van der Waals surface area contributed by atoms with E-state index in [1.807, 2.05) is 13.8 Å². The van der Waals surface area contributed by atoms with Gasteiger partial charge in [-0.2, -0.15) is 0 Å². The lowest BCUT2D eigenvalue weighted by molar-refractivity contribution is -0.0755. The van der Waals surface area contributed by atoms with Crippen LogP contribution in [0.3, 0.4) is 0 Å². The van der Waals surface area contributed by atoms with Crippen LogP contribution >= 0.6 is 0 Å². The van der Waals surface area contributed by atoms with Crippen LogP contribution < -0.4 is 5.32 Å². The van der Waals surface area contributed by atoms with Gasteiger partial charge in [-0.25, -0.2) is 0 Å². The van der Waals surface area contributed by atoms with Gasteiger partial charge >= 0.3 is 0 Å². The Hall–Kier alpha value is -0.800. The molecule has 1 aliphatic carbocycles. The summed E-state index contributed by atoms with van der Waals surface area (Å²) in [4.78, 5) is 0. The molecule has 96 valence electrons. The molecule has 1 saturated carbocycles. The van der Waals surface area contributed by atoms with E-state index in [9.17, 15) is 5.11 Å². The van der Waals surface area contributed by atoms with Gasteiger partial charge in [0.1, 0.15) is 11.5 Å². The lowest BCUT2D eigenvalue weighted by atomic mass is 9.64. The molecule has 0 radical (unpaired) electrons. The van der Waals surface area contributed by atoms with E-state index >= 15 is 0 Å². The van der Waals surface area contributed by atoms with Crippen molar-refractivity contribution in [3.8, 4) is 0 Å². The summed E-state index contributed by atoms with van der Waals surface area (Å²) in [6.07, 6.45) is 0.659. The first-order chi connectivity index (χ1) is 7.82. The van der Waals surface area contributed by atoms with Crippen LogP contribution in [0, 0.1) is 19.3 Å². The molecular formula is C14H23NO2. The molecule has 3 unspecified atom stereocenters. The third-order valence-electron chi connectivity index (χ3n) is 4.21. The van der Waals surface area contributed by atoms with Crippen LogP contribution in [-0.2, 0) is 0 Å². The highest BCUT2D eigenvalue weighted by Crippen LogP contribution is 2.41. The van der Waals surface area contributed by atoms with Crippen molar-refractivity contribution in [2.24, 2.45) is 5.41 Å². The van der Waals surface area contributed by atoms with Crippen molar-refractivity contribution in [2.45, 2.75) is 59.2 Å². The number of furan rings is 1. The first kappa shape index (κ1) is 12.7. The highest BCUT2D eigenvalue weighted by molar-refractivity contribution is 5.24. The number of hydrogen-bond donors (Lipinski definition) is 2. The molecule has 1 heterocycles. The summed E-state index contributed by atoms with van der Waals surface area (Å²) in [6, 6.07) is 2.74. The maximum atomic E-state index is 9.73. The Bertz CT molecular complexity index is 408. The Labute approximate surface area is 103 Å². The fourth-order valence-corrected chi connectivity index (χ4v) is 2.66. The molecule has 1 aliphatic rings. The first-order valence-electron chi connectivity index (χ1n) is 6.33. The van der Waals surface area contributed by atoms with Crippen LogP contribution in [0.5, 0.6) is 0 Å². The molecular weight excluding hydrogens is 214 g/mol. The highest BCUT2D eigenvalue weighted by Gasteiger charge is 2.47. The van der Waals surface area contributed by atoms with E-state index in [0.717, 1.165) is 17.9 Å². The molecule has 0 spiro atoms. The molecule has 2 rings (SSSR count). The molecule has 0 aromatic carbocycles. The summed E-state index contributed by atoms with van der Waals surface area (Å²) in [5.74, 6) is 1.94. The van der Waals surface area contributed by atoms with Crippen LogP contribution in [0.4, 0.5) is 0 Å². The summed E-state index contributed by atoms with van der Waals surface area (Å²) >= 11 is 0. The monoisotopic (exact) mass is 237 g/mol. The fourth-order valence-electron chi connectivity index (χ4n) is 2.66. The number of hydrogen-bond acceptors (Lipinski definition) is 3. The standard InChI is InChI=1S/C14H23NO2/c1-8-6-11(10(3)17-8)9(2)15-12-7-13(16)14(12,4)5/h6,9,12-13,15-16H,7H2,1-5H3. The SMILES string of the molecule is Cc1cc(C(C)NC2CC(O)C2(C)C)c(C)o1. The van der Waals surface area contributed by atoms with Crippen LogP contribution in [0.1, 0.15) is 50.3 Å². The largest absolute Gasteiger partial charge is 0.466 e. The van der Waals surface area contributed by atoms with Crippen molar-refractivity contribution in [3.63, 3.8) is 0 Å². The molecule has 1 aromatic rings. The zero-order valence-electron chi connectivity index (χ0n) is 11.4. The van der Waals surface area contributed by atoms with Gasteiger partial charge in [0.05, 0.1) is 6.10 Å². The lowest BCUT2D eigenvalue weighted by Gasteiger charge is -2.50. The van der Waals surface area contributed by atoms with Crippen molar-refractivity contribution in [1.82, 2.24) is 5.32 Å². The van der Waals surface area contributed by atoms with Gasteiger partial charge in [0, 0.05) is 23.1 Å². The number of aliphatic hydroxyl groups is 1. The van der Waals surface area contributed by atoms with Gasteiger partial charge in [0.25, 0.3) is 0 Å². The summed E-state index contributed by atoms with van der Waals surface area (Å²) in [6.45, 7) is 10.3. The summed E-state index contributed by atoms with van der Waals surface area (Å²) in [5, 5.41) is 13.3. The predicted molar refractivity (Wildman–Crippen MR) is 67.9 cm³/mol. The molecule has 1 fully saturated rings. The van der Waals surface area contributed by atoms with Gasteiger partial charge in [-0.15, -0.1) is 0 Å². The number of nitrogens with one attached hydrogen (secondary N) is 1. The average molecular weight is 237 g/mol. The van der Waals surface area contributed by atoms with E-state index in [4.69, 9.17) is 4.42 Å². The number of aliphatic hydroxyl groups excluding tert-OH is 1. The van der Waals surface area contributed by atoms with Crippen molar-refractivity contribution < 1.29 is 9.52 Å². The molecule has 1 aromatic heterocycles. The van der Waals surface area contributed by atoms with Crippen LogP contribution in [0.15, 0.2) is 10.5 Å². The smallest absolute Gasteiger partial charge is 0.105 e. The Kier molecular flexibility index (Phi) is 3.08. The summed E-state index contributed by atoms with van der Waals surface area (Å²) < 4.78 is 5.55. The van der Waals surface area contributed by atoms with Gasteiger partial charge < -0.3 is 14.8 Å². The second-order valence-corrected chi connectivity index (χ2v) is 5.88. The summed E-state index contributed by atoms with van der Waals surface area (Å²) in [7, 11) is 0. The molecule has 0 amide bonds. The van der Waals surface area contributed by atoms with E-state index < -0.39 is 0 Å². The van der Waals surface area contributed by atoms with Crippen LogP contribution in [0.25, 0.3) is 0 Å². The molecule has 3 heteroatoms. The second kappa shape index (κ2) is 4.14. The predicted octanol–water partition coefficient (Wildman–Crippen LogP) is 2.71. The fraction of sp³-hybridized carbons (Fsp3) is 0.714. The van der Waals surface area contributed by atoms with E-state index in [0.29, 0.717) is 6.04 Å². The third-order valence-corrected chi connectivity index (χ3v) is 4.21. The molecule has 0 saturated heterocycles. The van der Waals surface area contributed by atoms with Crippen molar-refractivity contribution in [1.29, 1.82) is 0 Å². The first-order valence-corrected chi connectivity index (χ1v) is 6.33. The molecule has 3 atom stereocenters. The van der Waals surface area contributed by atoms with Gasteiger partial charge in [0.2, 0.25) is 0 Å². The molecule has 3 nitrogen and oxygen atoms in total. The zero-order chi connectivity index (χ0) is 12.8. The zero-order valence-corrected chi connectivity index (χ0v) is 11.4. The van der Waals surface area contributed by atoms with E-state index in [1.54, 1.807) is 0 Å². The average Bonchev–Trinajstić information content (AvgIpc) is 2.57. The van der Waals surface area contributed by atoms with Crippen LogP contribution in [-0.4, -0.2) is 17.3 Å².